The smallest absolute Gasteiger partial charge is 0.341 e. The van der Waals surface area contributed by atoms with Gasteiger partial charge in [0.05, 0.1) is 29.6 Å². The number of hydrogen-bond donors (Lipinski definition) is 2. The van der Waals surface area contributed by atoms with E-state index >= 15 is 0 Å². The average molecular weight is 469 g/mol. The summed E-state index contributed by atoms with van der Waals surface area (Å²) in [5.41, 5.74) is 0.859. The van der Waals surface area contributed by atoms with E-state index in [9.17, 15) is 24.5 Å². The Balaban J connectivity index is 1.90. The van der Waals surface area contributed by atoms with Crippen molar-refractivity contribution in [3.63, 3.8) is 0 Å². The SMILES string of the molecule is COC(=O)c1c(NC(=O)c2ccc([N+](=O)[O-])cc2)sc(C(=O)Nc2cccc(OC)c2)c1C. The van der Waals surface area contributed by atoms with Gasteiger partial charge in [-0.3, -0.25) is 19.7 Å². The molecule has 0 saturated carbocycles. The first kappa shape index (κ1) is 23.4. The summed E-state index contributed by atoms with van der Waals surface area (Å²) in [6, 6.07) is 11.7. The zero-order valence-electron chi connectivity index (χ0n) is 17.8. The molecular formula is C22H19N3O7S. The molecule has 3 rings (SSSR count). The van der Waals surface area contributed by atoms with Crippen molar-refractivity contribution in [2.24, 2.45) is 0 Å². The minimum Gasteiger partial charge on any atom is -0.497 e. The summed E-state index contributed by atoms with van der Waals surface area (Å²) < 4.78 is 9.97. The molecule has 0 aliphatic rings. The largest absolute Gasteiger partial charge is 0.497 e. The Morgan fingerprint density at radius 3 is 2.30 bits per heavy atom. The lowest BCUT2D eigenvalue weighted by atomic mass is 10.1. The number of thiophene rings is 1. The summed E-state index contributed by atoms with van der Waals surface area (Å²) in [5.74, 6) is -1.24. The van der Waals surface area contributed by atoms with Crippen LogP contribution in [0.15, 0.2) is 48.5 Å². The van der Waals surface area contributed by atoms with Gasteiger partial charge in [0.1, 0.15) is 10.8 Å². The van der Waals surface area contributed by atoms with E-state index in [0.29, 0.717) is 17.0 Å². The fourth-order valence-electron chi connectivity index (χ4n) is 2.96. The first-order valence-electron chi connectivity index (χ1n) is 9.48. The van der Waals surface area contributed by atoms with Crippen LogP contribution in [0.1, 0.15) is 36.0 Å². The van der Waals surface area contributed by atoms with E-state index in [1.807, 2.05) is 0 Å². The van der Waals surface area contributed by atoms with Crippen molar-refractivity contribution in [3.05, 3.63) is 80.2 Å². The number of non-ortho nitro benzene ring substituents is 1. The molecule has 2 N–H and O–H groups in total. The first-order valence-corrected chi connectivity index (χ1v) is 10.3. The van der Waals surface area contributed by atoms with E-state index in [1.54, 1.807) is 31.2 Å². The summed E-state index contributed by atoms with van der Waals surface area (Å²) in [6.45, 7) is 1.57. The Morgan fingerprint density at radius 2 is 1.70 bits per heavy atom. The Morgan fingerprint density at radius 1 is 1.00 bits per heavy atom. The van der Waals surface area contributed by atoms with Gasteiger partial charge in [0.15, 0.2) is 0 Å². The summed E-state index contributed by atoms with van der Waals surface area (Å²) in [7, 11) is 2.70. The van der Waals surface area contributed by atoms with Crippen molar-refractivity contribution in [1.82, 2.24) is 0 Å². The summed E-state index contributed by atoms with van der Waals surface area (Å²) >= 11 is 0.914. The first-order chi connectivity index (χ1) is 15.7. The van der Waals surface area contributed by atoms with E-state index in [0.717, 1.165) is 11.3 Å². The highest BCUT2D eigenvalue weighted by Gasteiger charge is 2.27. The van der Waals surface area contributed by atoms with Crippen molar-refractivity contribution in [3.8, 4) is 5.75 Å². The third-order valence-corrected chi connectivity index (χ3v) is 5.84. The molecule has 0 spiro atoms. The van der Waals surface area contributed by atoms with E-state index in [4.69, 9.17) is 9.47 Å². The van der Waals surface area contributed by atoms with Crippen LogP contribution in [0.5, 0.6) is 5.75 Å². The van der Waals surface area contributed by atoms with E-state index < -0.39 is 22.7 Å². The zero-order chi connectivity index (χ0) is 24.1. The lowest BCUT2D eigenvalue weighted by Gasteiger charge is -2.06. The summed E-state index contributed by atoms with van der Waals surface area (Å²) in [4.78, 5) is 48.4. The number of nitro benzene ring substituents is 1. The fraction of sp³-hybridized carbons (Fsp3) is 0.136. The third-order valence-electron chi connectivity index (χ3n) is 4.64. The summed E-state index contributed by atoms with van der Waals surface area (Å²) in [6.07, 6.45) is 0. The number of ether oxygens (including phenoxy) is 2. The number of nitrogens with one attached hydrogen (secondary N) is 2. The second-order valence-corrected chi connectivity index (χ2v) is 7.72. The second-order valence-electron chi connectivity index (χ2n) is 6.70. The molecular weight excluding hydrogens is 450 g/mol. The van der Waals surface area contributed by atoms with Gasteiger partial charge in [0.2, 0.25) is 0 Å². The van der Waals surface area contributed by atoms with E-state index in [1.165, 1.54) is 38.5 Å². The number of esters is 1. The fourth-order valence-corrected chi connectivity index (χ4v) is 4.05. The van der Waals surface area contributed by atoms with Crippen LogP contribution in [0.25, 0.3) is 0 Å². The predicted octanol–water partition coefficient (Wildman–Crippen LogP) is 4.26. The molecule has 0 aliphatic carbocycles. The average Bonchev–Trinajstić information content (AvgIpc) is 3.14. The molecule has 1 aromatic heterocycles. The van der Waals surface area contributed by atoms with Crippen molar-refractivity contribution in [2.45, 2.75) is 6.92 Å². The number of nitro groups is 1. The third kappa shape index (κ3) is 5.15. The van der Waals surface area contributed by atoms with Crippen LogP contribution in [0, 0.1) is 17.0 Å². The van der Waals surface area contributed by atoms with Crippen LogP contribution < -0.4 is 15.4 Å². The molecule has 0 unspecified atom stereocenters. The minimum atomic E-state index is -0.719. The molecule has 2 aromatic carbocycles. The highest BCUT2D eigenvalue weighted by Crippen LogP contribution is 2.35. The van der Waals surface area contributed by atoms with Gasteiger partial charge < -0.3 is 20.1 Å². The monoisotopic (exact) mass is 469 g/mol. The maximum absolute atomic E-state index is 12.9. The number of nitrogens with zero attached hydrogens (tertiary/aromatic N) is 1. The number of carbonyl (C=O) groups is 3. The number of carbonyl (C=O) groups excluding carboxylic acids is 3. The number of rotatable bonds is 7. The Hall–Kier alpha value is -4.25. The molecule has 0 bridgehead atoms. The highest BCUT2D eigenvalue weighted by atomic mass is 32.1. The van der Waals surface area contributed by atoms with Crippen LogP contribution in [-0.4, -0.2) is 36.9 Å². The number of anilines is 2. The molecule has 170 valence electrons. The Kier molecular flexibility index (Phi) is 7.04. The van der Waals surface area contributed by atoms with Crippen LogP contribution in [-0.2, 0) is 4.74 Å². The predicted molar refractivity (Wildman–Crippen MR) is 122 cm³/mol. The quantitative estimate of drug-likeness (QED) is 0.300. The molecule has 2 amide bonds. The summed E-state index contributed by atoms with van der Waals surface area (Å²) in [5, 5.41) is 16.3. The molecule has 0 radical (unpaired) electrons. The molecule has 0 atom stereocenters. The van der Waals surface area contributed by atoms with Gasteiger partial charge in [-0.2, -0.15) is 0 Å². The molecule has 3 aromatic rings. The van der Waals surface area contributed by atoms with Gasteiger partial charge in [-0.05, 0) is 36.8 Å². The lowest BCUT2D eigenvalue weighted by Crippen LogP contribution is -2.14. The van der Waals surface area contributed by atoms with Crippen LogP contribution in [0.4, 0.5) is 16.4 Å². The Bertz CT molecular complexity index is 1240. The van der Waals surface area contributed by atoms with Crippen molar-refractivity contribution < 1.29 is 28.8 Å². The minimum absolute atomic E-state index is 0.0496. The molecule has 0 aliphatic heterocycles. The molecule has 1 heterocycles. The standard InChI is InChI=1S/C22H19N3O7S/c1-12-17(22(28)32-3)21(24-19(26)13-7-9-15(10-8-13)25(29)30)33-18(12)20(27)23-14-5-4-6-16(11-14)31-2/h4-11H,1-3H3,(H,23,27)(H,24,26). The zero-order valence-corrected chi connectivity index (χ0v) is 18.6. The highest BCUT2D eigenvalue weighted by molar-refractivity contribution is 7.19. The number of methoxy groups -OCH3 is 2. The van der Waals surface area contributed by atoms with Gasteiger partial charge in [-0.1, -0.05) is 6.07 Å². The molecule has 0 saturated heterocycles. The van der Waals surface area contributed by atoms with Gasteiger partial charge >= 0.3 is 5.97 Å². The van der Waals surface area contributed by atoms with E-state index in [-0.39, 0.29) is 26.7 Å². The topological polar surface area (TPSA) is 137 Å². The Labute approximate surface area is 192 Å². The molecule has 0 fully saturated rings. The number of hydrogen-bond acceptors (Lipinski definition) is 8. The molecule has 33 heavy (non-hydrogen) atoms. The van der Waals surface area contributed by atoms with E-state index in [2.05, 4.69) is 10.6 Å². The lowest BCUT2D eigenvalue weighted by molar-refractivity contribution is -0.384. The molecule has 10 nitrogen and oxygen atoms in total. The van der Waals surface area contributed by atoms with Crippen molar-refractivity contribution in [2.75, 3.05) is 24.9 Å². The van der Waals surface area contributed by atoms with Gasteiger partial charge in [-0.15, -0.1) is 11.3 Å². The normalized spacial score (nSPS) is 10.3. The number of benzene rings is 2. The van der Waals surface area contributed by atoms with Gasteiger partial charge in [-0.25, -0.2) is 4.79 Å². The van der Waals surface area contributed by atoms with Gasteiger partial charge in [0, 0.05) is 29.4 Å². The van der Waals surface area contributed by atoms with Crippen molar-refractivity contribution >= 4 is 45.5 Å². The van der Waals surface area contributed by atoms with Crippen LogP contribution >= 0.6 is 11.3 Å². The van der Waals surface area contributed by atoms with Crippen molar-refractivity contribution in [1.29, 1.82) is 0 Å². The number of amides is 2. The van der Waals surface area contributed by atoms with Crippen LogP contribution in [0.3, 0.4) is 0 Å². The van der Waals surface area contributed by atoms with Crippen LogP contribution in [0.2, 0.25) is 0 Å². The maximum Gasteiger partial charge on any atom is 0.341 e. The maximum atomic E-state index is 12.9. The second kappa shape index (κ2) is 9.92. The van der Waals surface area contributed by atoms with Gasteiger partial charge in [0.25, 0.3) is 17.5 Å². The molecule has 11 heteroatoms.